The number of hydrogen-bond acceptors (Lipinski definition) is 4. The molecule has 5 nitrogen and oxygen atoms in total. The van der Waals surface area contributed by atoms with Crippen LogP contribution < -0.4 is 10.7 Å². The molecule has 0 fully saturated rings. The van der Waals surface area contributed by atoms with Crippen LogP contribution in [0, 0.1) is 0 Å². The molecule has 0 saturated carbocycles. The predicted molar refractivity (Wildman–Crippen MR) is 85.4 cm³/mol. The van der Waals surface area contributed by atoms with Gasteiger partial charge in [0.2, 0.25) is 0 Å². The molecule has 2 aromatic carbocycles. The lowest BCUT2D eigenvalue weighted by Crippen LogP contribution is -2.30. The summed E-state index contributed by atoms with van der Waals surface area (Å²) in [6, 6.07) is 18.0. The van der Waals surface area contributed by atoms with Gasteiger partial charge >= 0.3 is 0 Å². The van der Waals surface area contributed by atoms with Crippen molar-refractivity contribution in [1.29, 1.82) is 0 Å². The van der Waals surface area contributed by atoms with Crippen molar-refractivity contribution in [2.45, 2.75) is 6.04 Å². The van der Waals surface area contributed by atoms with Crippen molar-refractivity contribution >= 4 is 17.8 Å². The van der Waals surface area contributed by atoms with Gasteiger partial charge in [-0.15, -0.1) is 0 Å². The van der Waals surface area contributed by atoms with Crippen molar-refractivity contribution < 1.29 is 9.90 Å². The van der Waals surface area contributed by atoms with E-state index in [0.29, 0.717) is 5.69 Å². The monoisotopic (exact) mass is 293 g/mol. The zero-order valence-electron chi connectivity index (χ0n) is 11.8. The predicted octanol–water partition coefficient (Wildman–Crippen LogP) is 2.53. The summed E-state index contributed by atoms with van der Waals surface area (Å²) in [5.41, 5.74) is 1.63. The average molecular weight is 293 g/mol. The normalized spacial score (nSPS) is 18.5. The van der Waals surface area contributed by atoms with Gasteiger partial charge in [0.25, 0.3) is 5.91 Å². The summed E-state index contributed by atoms with van der Waals surface area (Å²) in [5, 5.41) is 13.9. The summed E-state index contributed by atoms with van der Waals surface area (Å²) in [7, 11) is 0. The maximum atomic E-state index is 12.7. The molecule has 1 aliphatic rings. The molecule has 2 aromatic rings. The van der Waals surface area contributed by atoms with Crippen molar-refractivity contribution in [2.75, 3.05) is 4.90 Å². The Morgan fingerprint density at radius 2 is 1.64 bits per heavy atom. The molecule has 1 heterocycles. The number of hydrazone groups is 1. The van der Waals surface area contributed by atoms with Crippen molar-refractivity contribution in [3.8, 4) is 0 Å². The first-order chi connectivity index (χ1) is 10.7. The Bertz CT molecular complexity index is 739. The van der Waals surface area contributed by atoms with Crippen molar-refractivity contribution in [3.63, 3.8) is 0 Å². The van der Waals surface area contributed by atoms with Gasteiger partial charge in [-0.05, 0) is 17.7 Å². The first kappa shape index (κ1) is 13.9. The zero-order chi connectivity index (χ0) is 15.5. The van der Waals surface area contributed by atoms with Gasteiger partial charge < -0.3 is 10.9 Å². The van der Waals surface area contributed by atoms with Crippen LogP contribution in [0.1, 0.15) is 11.6 Å². The minimum atomic E-state index is -0.580. The molecule has 3 rings (SSSR count). The van der Waals surface area contributed by atoms with E-state index in [1.165, 1.54) is 6.21 Å². The Morgan fingerprint density at radius 3 is 2.23 bits per heavy atom. The highest BCUT2D eigenvalue weighted by molar-refractivity contribution is 6.22. The molecule has 0 aliphatic carbocycles. The number of carbonyl (C=O) groups excluding carboxylic acids is 1. The van der Waals surface area contributed by atoms with E-state index in [1.54, 1.807) is 4.90 Å². The number of carbonyl (C=O) groups is 1. The smallest absolute Gasteiger partial charge is 0.264 e. The van der Waals surface area contributed by atoms with E-state index in [2.05, 4.69) is 5.10 Å². The Labute approximate surface area is 128 Å². The molecule has 1 unspecified atom stereocenters. The molecule has 0 spiro atoms. The molecule has 5 heteroatoms. The topological polar surface area (TPSA) is 78.9 Å². The van der Waals surface area contributed by atoms with E-state index < -0.39 is 6.04 Å². The van der Waals surface area contributed by atoms with Gasteiger partial charge in [-0.2, -0.15) is 5.10 Å². The van der Waals surface area contributed by atoms with E-state index in [1.807, 2.05) is 60.7 Å². The summed E-state index contributed by atoms with van der Waals surface area (Å²) in [6.45, 7) is 0. The van der Waals surface area contributed by atoms with E-state index in [-0.39, 0.29) is 17.2 Å². The largest absolute Gasteiger partial charge is 0.509 e. The second kappa shape index (κ2) is 5.73. The molecule has 0 bridgehead atoms. The fourth-order valence-corrected chi connectivity index (χ4v) is 2.62. The van der Waals surface area contributed by atoms with Gasteiger partial charge in [0.15, 0.2) is 0 Å². The number of nitrogens with zero attached hydrogens (tertiary/aromatic N) is 2. The van der Waals surface area contributed by atoms with E-state index >= 15 is 0 Å². The Hall–Kier alpha value is -3.08. The number of amides is 1. The Morgan fingerprint density at radius 1 is 1.05 bits per heavy atom. The van der Waals surface area contributed by atoms with Crippen LogP contribution in [0.15, 0.2) is 77.1 Å². The van der Waals surface area contributed by atoms with Crippen LogP contribution >= 0.6 is 0 Å². The number of rotatable bonds is 3. The molecule has 1 atom stereocenters. The molecule has 0 aromatic heterocycles. The van der Waals surface area contributed by atoms with Crippen LogP contribution in [-0.2, 0) is 4.79 Å². The third-order valence-corrected chi connectivity index (χ3v) is 3.60. The third-order valence-electron chi connectivity index (χ3n) is 3.60. The fourth-order valence-electron chi connectivity index (χ4n) is 2.62. The minimum absolute atomic E-state index is 0.0470. The van der Waals surface area contributed by atoms with Gasteiger partial charge in [-0.3, -0.25) is 9.69 Å². The van der Waals surface area contributed by atoms with Gasteiger partial charge in [-0.1, -0.05) is 48.5 Å². The summed E-state index contributed by atoms with van der Waals surface area (Å²) in [4.78, 5) is 14.2. The van der Waals surface area contributed by atoms with Crippen LogP contribution in [0.25, 0.3) is 0 Å². The second-order valence-corrected chi connectivity index (χ2v) is 4.90. The highest BCUT2D eigenvalue weighted by Gasteiger charge is 2.40. The number of nitrogens with two attached hydrogens (primary N) is 1. The highest BCUT2D eigenvalue weighted by atomic mass is 16.3. The highest BCUT2D eigenvalue weighted by Crippen LogP contribution is 2.39. The Kier molecular flexibility index (Phi) is 3.62. The first-order valence-electron chi connectivity index (χ1n) is 6.84. The SMILES string of the molecule is N/N=C/C1=C(O)C(c2ccccc2)N(c2ccccc2)C1=O. The van der Waals surface area contributed by atoms with Crippen molar-refractivity contribution in [1.82, 2.24) is 0 Å². The molecule has 1 amide bonds. The lowest BCUT2D eigenvalue weighted by Gasteiger charge is -2.25. The Balaban J connectivity index is 2.14. The van der Waals surface area contributed by atoms with Crippen LogP contribution in [0.5, 0.6) is 0 Å². The summed E-state index contributed by atoms with van der Waals surface area (Å²) in [5.74, 6) is 4.78. The van der Waals surface area contributed by atoms with Crippen molar-refractivity contribution in [3.05, 3.63) is 77.6 Å². The summed E-state index contributed by atoms with van der Waals surface area (Å²) in [6.07, 6.45) is 1.19. The number of aliphatic hydroxyl groups excluding tert-OH is 1. The lowest BCUT2D eigenvalue weighted by atomic mass is 10.0. The number of benzene rings is 2. The van der Waals surface area contributed by atoms with Gasteiger partial charge in [0.1, 0.15) is 11.8 Å². The zero-order valence-corrected chi connectivity index (χ0v) is 11.8. The summed E-state index contributed by atoms with van der Waals surface area (Å²) >= 11 is 0. The molecule has 22 heavy (non-hydrogen) atoms. The van der Waals surface area contributed by atoms with Crippen LogP contribution in [0.4, 0.5) is 5.69 Å². The molecular formula is C17H15N3O2. The number of para-hydroxylation sites is 1. The molecule has 0 saturated heterocycles. The van der Waals surface area contributed by atoms with Crippen LogP contribution in [-0.4, -0.2) is 17.2 Å². The van der Waals surface area contributed by atoms with Gasteiger partial charge in [-0.25, -0.2) is 0 Å². The van der Waals surface area contributed by atoms with Crippen molar-refractivity contribution in [2.24, 2.45) is 10.9 Å². The first-order valence-corrected chi connectivity index (χ1v) is 6.84. The number of hydrogen-bond donors (Lipinski definition) is 2. The maximum Gasteiger partial charge on any atom is 0.264 e. The maximum absolute atomic E-state index is 12.7. The molecular weight excluding hydrogens is 278 g/mol. The van der Waals surface area contributed by atoms with Gasteiger partial charge in [0, 0.05) is 5.69 Å². The molecule has 1 aliphatic heterocycles. The fraction of sp³-hybridized carbons (Fsp3) is 0.0588. The molecule has 110 valence electrons. The lowest BCUT2D eigenvalue weighted by molar-refractivity contribution is -0.114. The van der Waals surface area contributed by atoms with E-state index in [9.17, 15) is 9.90 Å². The number of aliphatic hydroxyl groups is 1. The van der Waals surface area contributed by atoms with Crippen LogP contribution in [0.3, 0.4) is 0 Å². The van der Waals surface area contributed by atoms with Gasteiger partial charge in [0.05, 0.1) is 11.8 Å². The second-order valence-electron chi connectivity index (χ2n) is 4.90. The molecule has 3 N–H and O–H groups in total. The minimum Gasteiger partial charge on any atom is -0.509 e. The quantitative estimate of drug-likeness (QED) is 0.518. The average Bonchev–Trinajstić information content (AvgIpc) is 2.81. The summed E-state index contributed by atoms with van der Waals surface area (Å²) < 4.78 is 0. The third kappa shape index (κ3) is 2.22. The van der Waals surface area contributed by atoms with E-state index in [4.69, 9.17) is 5.84 Å². The standard InChI is InChI=1S/C17H15N3O2/c18-19-11-14-16(21)15(12-7-3-1-4-8-12)20(17(14)22)13-9-5-2-6-10-13/h1-11,15,21H,18H2/b19-11+. The van der Waals surface area contributed by atoms with Crippen LogP contribution in [0.2, 0.25) is 0 Å². The number of anilines is 1. The molecule has 0 radical (unpaired) electrons. The van der Waals surface area contributed by atoms with E-state index in [0.717, 1.165) is 5.56 Å².